The highest BCUT2D eigenvalue weighted by Gasteiger charge is 2.32. The number of thiophene rings is 1. The fraction of sp³-hybridized carbons (Fsp3) is 0.611. The zero-order chi connectivity index (χ0) is 15.5. The van der Waals surface area contributed by atoms with Crippen LogP contribution in [0.1, 0.15) is 54.9 Å². The Kier molecular flexibility index (Phi) is 4.99. The molecule has 1 saturated heterocycles. The quantitative estimate of drug-likeness (QED) is 0.864. The van der Waals surface area contributed by atoms with E-state index >= 15 is 0 Å². The number of amides is 1. The number of likely N-dealkylation sites (tertiary alicyclic amines) is 1. The molecule has 1 N–H and O–H groups in total. The van der Waals surface area contributed by atoms with Crippen LogP contribution in [0.4, 0.5) is 0 Å². The lowest BCUT2D eigenvalue weighted by Gasteiger charge is -2.36. The van der Waals surface area contributed by atoms with Gasteiger partial charge in [-0.3, -0.25) is 4.79 Å². The van der Waals surface area contributed by atoms with Gasteiger partial charge in [-0.25, -0.2) is 0 Å². The molecule has 3 nitrogen and oxygen atoms in total. The molecule has 0 bridgehead atoms. The molecule has 1 amide bonds. The van der Waals surface area contributed by atoms with E-state index in [-0.39, 0.29) is 11.8 Å². The van der Waals surface area contributed by atoms with Crippen molar-refractivity contribution in [2.45, 2.75) is 57.5 Å². The number of aliphatic hydroxyl groups is 1. The normalized spacial score (nSPS) is 25.9. The molecular weight excluding hydrogens is 294 g/mol. The fourth-order valence-corrected chi connectivity index (χ4v) is 4.72. The van der Waals surface area contributed by atoms with Crippen molar-refractivity contribution >= 4 is 17.2 Å². The molecule has 1 fully saturated rings. The highest BCUT2D eigenvalue weighted by Crippen LogP contribution is 2.34. The number of rotatable bonds is 3. The van der Waals surface area contributed by atoms with Gasteiger partial charge in [0.25, 0.3) is 0 Å². The van der Waals surface area contributed by atoms with E-state index in [1.165, 1.54) is 28.9 Å². The van der Waals surface area contributed by atoms with Gasteiger partial charge >= 0.3 is 0 Å². The maximum atomic E-state index is 12.4. The fourth-order valence-electron chi connectivity index (χ4n) is 3.60. The van der Waals surface area contributed by atoms with E-state index in [2.05, 4.69) is 24.4 Å². The molecule has 1 aliphatic carbocycles. The molecule has 2 aliphatic rings. The topological polar surface area (TPSA) is 40.5 Å². The van der Waals surface area contributed by atoms with Crippen molar-refractivity contribution in [3.8, 4) is 0 Å². The Balaban J connectivity index is 1.59. The summed E-state index contributed by atoms with van der Waals surface area (Å²) in [6.45, 7) is 3.35. The summed E-state index contributed by atoms with van der Waals surface area (Å²) >= 11 is 1.73. The van der Waals surface area contributed by atoms with E-state index in [1.807, 2.05) is 4.90 Å². The highest BCUT2D eigenvalue weighted by atomic mass is 32.1. The van der Waals surface area contributed by atoms with Gasteiger partial charge in [0.2, 0.25) is 5.91 Å². The largest absolute Gasteiger partial charge is 0.391 e. The summed E-state index contributed by atoms with van der Waals surface area (Å²) < 4.78 is 0. The minimum atomic E-state index is -0.435. The van der Waals surface area contributed by atoms with E-state index in [0.717, 1.165) is 25.8 Å². The van der Waals surface area contributed by atoms with E-state index < -0.39 is 6.10 Å². The monoisotopic (exact) mass is 319 g/mol. The van der Waals surface area contributed by atoms with E-state index in [0.29, 0.717) is 13.0 Å². The van der Waals surface area contributed by atoms with Gasteiger partial charge in [-0.1, -0.05) is 11.6 Å². The molecule has 0 saturated carbocycles. The third-order valence-corrected chi connectivity index (χ3v) is 6.09. The van der Waals surface area contributed by atoms with Crippen LogP contribution in [0.2, 0.25) is 0 Å². The minimum Gasteiger partial charge on any atom is -0.391 e. The lowest BCUT2D eigenvalue weighted by Crippen LogP contribution is -2.45. The molecule has 1 aromatic heterocycles. The second kappa shape index (κ2) is 6.97. The second-order valence-electron chi connectivity index (χ2n) is 6.56. The summed E-state index contributed by atoms with van der Waals surface area (Å²) in [6.07, 6.45) is 7.87. The number of allylic oxidation sites excluding steroid dienone is 1. The molecule has 0 unspecified atom stereocenters. The molecule has 1 aliphatic heterocycles. The molecule has 3 rings (SSSR count). The number of nitrogens with zero attached hydrogens (tertiary/aromatic N) is 1. The van der Waals surface area contributed by atoms with Crippen LogP contribution in [0.5, 0.6) is 0 Å². The maximum absolute atomic E-state index is 12.4. The lowest BCUT2D eigenvalue weighted by atomic mass is 9.90. The van der Waals surface area contributed by atoms with Crippen molar-refractivity contribution in [2.24, 2.45) is 0 Å². The molecule has 4 heteroatoms. The SMILES string of the molecule is Cc1ccsc1[C@@H]1CCN(C(=O)CC2=CCCCC2)C[C@H]1O. The van der Waals surface area contributed by atoms with Crippen LogP contribution in [0.15, 0.2) is 23.1 Å². The van der Waals surface area contributed by atoms with Gasteiger partial charge in [0.1, 0.15) is 0 Å². The first-order chi connectivity index (χ1) is 10.6. The molecule has 0 radical (unpaired) electrons. The van der Waals surface area contributed by atoms with Crippen LogP contribution in [-0.2, 0) is 4.79 Å². The number of aliphatic hydroxyl groups excluding tert-OH is 1. The third-order valence-electron chi connectivity index (χ3n) is 4.94. The van der Waals surface area contributed by atoms with Crippen molar-refractivity contribution in [3.63, 3.8) is 0 Å². The zero-order valence-electron chi connectivity index (χ0n) is 13.3. The molecule has 0 spiro atoms. The summed E-state index contributed by atoms with van der Waals surface area (Å²) in [4.78, 5) is 15.6. The molecule has 2 heterocycles. The van der Waals surface area contributed by atoms with Crippen molar-refractivity contribution in [1.29, 1.82) is 0 Å². The summed E-state index contributed by atoms with van der Waals surface area (Å²) in [7, 11) is 0. The van der Waals surface area contributed by atoms with Gasteiger partial charge < -0.3 is 10.0 Å². The average molecular weight is 319 g/mol. The first-order valence-corrected chi connectivity index (χ1v) is 9.21. The molecule has 22 heavy (non-hydrogen) atoms. The number of hydrogen-bond acceptors (Lipinski definition) is 3. The van der Waals surface area contributed by atoms with Gasteiger partial charge in [0.15, 0.2) is 0 Å². The van der Waals surface area contributed by atoms with Crippen LogP contribution < -0.4 is 0 Å². The molecule has 1 aromatic rings. The first-order valence-electron chi connectivity index (χ1n) is 8.33. The predicted molar refractivity (Wildman–Crippen MR) is 90.2 cm³/mol. The number of hydrogen-bond donors (Lipinski definition) is 1. The maximum Gasteiger partial charge on any atom is 0.226 e. The smallest absolute Gasteiger partial charge is 0.226 e. The van der Waals surface area contributed by atoms with Crippen molar-refractivity contribution in [2.75, 3.05) is 13.1 Å². The second-order valence-corrected chi connectivity index (χ2v) is 7.50. The number of β-amino-alcohol motifs (C(OH)–C–C–N with tert-alkyl or cyclic N) is 1. The third kappa shape index (κ3) is 3.44. The van der Waals surface area contributed by atoms with Crippen molar-refractivity contribution in [3.05, 3.63) is 33.5 Å². The van der Waals surface area contributed by atoms with Gasteiger partial charge in [-0.05, 0) is 56.0 Å². The number of carbonyl (C=O) groups is 1. The minimum absolute atomic E-state index is 0.188. The van der Waals surface area contributed by atoms with Crippen LogP contribution in [0.25, 0.3) is 0 Å². The Morgan fingerprint density at radius 1 is 1.45 bits per heavy atom. The Morgan fingerprint density at radius 2 is 2.32 bits per heavy atom. The highest BCUT2D eigenvalue weighted by molar-refractivity contribution is 7.10. The van der Waals surface area contributed by atoms with Gasteiger partial charge in [-0.15, -0.1) is 11.3 Å². The Hall–Kier alpha value is -1.13. The van der Waals surface area contributed by atoms with Gasteiger partial charge in [0, 0.05) is 30.3 Å². The molecule has 0 aromatic carbocycles. The van der Waals surface area contributed by atoms with Gasteiger partial charge in [0.05, 0.1) is 6.10 Å². The summed E-state index contributed by atoms with van der Waals surface area (Å²) in [5.74, 6) is 0.381. The van der Waals surface area contributed by atoms with E-state index in [1.54, 1.807) is 11.3 Å². The first kappa shape index (κ1) is 15.8. The summed E-state index contributed by atoms with van der Waals surface area (Å²) in [5.41, 5.74) is 2.56. The standard InChI is InChI=1S/C18H25NO2S/c1-13-8-10-22-18(13)15-7-9-19(12-16(15)20)17(21)11-14-5-3-2-4-6-14/h5,8,10,15-16,20H,2-4,6-7,9,11-12H2,1H3/t15-,16-/m1/s1. The Bertz CT molecular complexity index is 563. The summed E-state index contributed by atoms with van der Waals surface area (Å²) in [6, 6.07) is 2.11. The van der Waals surface area contributed by atoms with Crippen molar-refractivity contribution < 1.29 is 9.90 Å². The Morgan fingerprint density at radius 3 is 2.95 bits per heavy atom. The number of carbonyl (C=O) groups excluding carboxylic acids is 1. The molecular formula is C18H25NO2S. The van der Waals surface area contributed by atoms with Crippen LogP contribution in [0, 0.1) is 6.92 Å². The predicted octanol–water partition coefficient (Wildman–Crippen LogP) is 3.62. The number of piperidine rings is 1. The van der Waals surface area contributed by atoms with E-state index in [9.17, 15) is 9.90 Å². The lowest BCUT2D eigenvalue weighted by molar-refractivity contribution is -0.134. The van der Waals surface area contributed by atoms with Crippen LogP contribution in [-0.4, -0.2) is 35.1 Å². The van der Waals surface area contributed by atoms with Crippen LogP contribution in [0.3, 0.4) is 0 Å². The van der Waals surface area contributed by atoms with E-state index in [4.69, 9.17) is 0 Å². The number of aryl methyl sites for hydroxylation is 1. The Labute approximate surface area is 136 Å². The molecule has 120 valence electrons. The van der Waals surface area contributed by atoms with Crippen molar-refractivity contribution in [1.82, 2.24) is 4.90 Å². The average Bonchev–Trinajstić information content (AvgIpc) is 2.94. The van der Waals surface area contributed by atoms with Gasteiger partial charge in [-0.2, -0.15) is 0 Å². The molecule has 2 atom stereocenters. The zero-order valence-corrected chi connectivity index (χ0v) is 14.1. The summed E-state index contributed by atoms with van der Waals surface area (Å²) in [5, 5.41) is 12.6. The van der Waals surface area contributed by atoms with Crippen LogP contribution >= 0.6 is 11.3 Å².